The molecule has 19 heavy (non-hydrogen) atoms. The van der Waals surface area contributed by atoms with Crippen molar-refractivity contribution < 1.29 is 8.42 Å². The molecule has 1 aliphatic rings. The van der Waals surface area contributed by atoms with Gasteiger partial charge in [0.05, 0.1) is 28.6 Å². The molecule has 102 valence electrons. The molecule has 1 fully saturated rings. The standard InChI is InChI=1S/C13H16N2O3S/c1-9-4-5-12-11(7-9)14-13(16)15(12)10-3-2-6-19(17,18)8-10/h4-5,7,10H,2-3,6,8H2,1H3,(H,14,16). The van der Waals surface area contributed by atoms with E-state index in [1.54, 1.807) is 4.57 Å². The van der Waals surface area contributed by atoms with Crippen molar-refractivity contribution in [2.24, 2.45) is 0 Å². The molecule has 0 bridgehead atoms. The van der Waals surface area contributed by atoms with Gasteiger partial charge in [-0.3, -0.25) is 4.57 Å². The normalized spacial score (nSPS) is 22.7. The molecular formula is C13H16N2O3S. The van der Waals surface area contributed by atoms with Gasteiger partial charge < -0.3 is 4.98 Å². The molecule has 2 heterocycles. The summed E-state index contributed by atoms with van der Waals surface area (Å²) < 4.78 is 25.1. The van der Waals surface area contributed by atoms with E-state index in [4.69, 9.17) is 0 Å². The second-order valence-corrected chi connectivity index (χ2v) is 7.46. The van der Waals surface area contributed by atoms with Gasteiger partial charge in [-0.1, -0.05) is 6.07 Å². The molecule has 1 N–H and O–H groups in total. The largest absolute Gasteiger partial charge is 0.326 e. The molecule has 0 radical (unpaired) electrons. The van der Waals surface area contributed by atoms with Crippen molar-refractivity contribution >= 4 is 20.9 Å². The van der Waals surface area contributed by atoms with Gasteiger partial charge in [0.15, 0.2) is 9.84 Å². The maximum atomic E-state index is 12.1. The summed E-state index contributed by atoms with van der Waals surface area (Å²) in [6.07, 6.45) is 1.36. The van der Waals surface area contributed by atoms with Gasteiger partial charge in [-0.25, -0.2) is 13.2 Å². The highest BCUT2D eigenvalue weighted by molar-refractivity contribution is 7.91. The molecular weight excluding hydrogens is 264 g/mol. The molecule has 1 atom stereocenters. The van der Waals surface area contributed by atoms with Crippen LogP contribution >= 0.6 is 0 Å². The summed E-state index contributed by atoms with van der Waals surface area (Å²) in [6, 6.07) is 5.47. The van der Waals surface area contributed by atoms with Crippen LogP contribution in [0.25, 0.3) is 11.0 Å². The second-order valence-electron chi connectivity index (χ2n) is 5.23. The highest BCUT2D eigenvalue weighted by Gasteiger charge is 2.28. The number of rotatable bonds is 1. The number of fused-ring (bicyclic) bond motifs is 1. The van der Waals surface area contributed by atoms with Crippen LogP contribution in [0.2, 0.25) is 0 Å². The molecule has 1 aromatic carbocycles. The Labute approximate surface area is 111 Å². The van der Waals surface area contributed by atoms with E-state index in [9.17, 15) is 13.2 Å². The first-order chi connectivity index (χ1) is 8.96. The zero-order chi connectivity index (χ0) is 13.6. The van der Waals surface area contributed by atoms with Crippen molar-refractivity contribution in [1.29, 1.82) is 0 Å². The van der Waals surface area contributed by atoms with E-state index >= 15 is 0 Å². The van der Waals surface area contributed by atoms with Crippen molar-refractivity contribution in [2.45, 2.75) is 25.8 Å². The van der Waals surface area contributed by atoms with Gasteiger partial charge in [0.25, 0.3) is 0 Å². The Bertz CT molecular complexity index is 786. The SMILES string of the molecule is Cc1ccc2c(c1)[nH]c(=O)n2C1CCCS(=O)(=O)C1. The monoisotopic (exact) mass is 280 g/mol. The number of benzene rings is 1. The average Bonchev–Trinajstić information content (AvgIpc) is 2.62. The highest BCUT2D eigenvalue weighted by atomic mass is 32.2. The molecule has 2 aromatic rings. The van der Waals surface area contributed by atoms with Crippen LogP contribution < -0.4 is 5.69 Å². The summed E-state index contributed by atoms with van der Waals surface area (Å²) in [6.45, 7) is 1.96. The number of H-pyrrole nitrogens is 1. The zero-order valence-electron chi connectivity index (χ0n) is 10.7. The molecule has 1 aromatic heterocycles. The van der Waals surface area contributed by atoms with Gasteiger partial charge in [0.2, 0.25) is 0 Å². The number of hydrogen-bond acceptors (Lipinski definition) is 3. The Morgan fingerprint density at radius 3 is 2.89 bits per heavy atom. The summed E-state index contributed by atoms with van der Waals surface area (Å²) in [5, 5.41) is 0. The zero-order valence-corrected chi connectivity index (χ0v) is 11.5. The summed E-state index contributed by atoms with van der Waals surface area (Å²) in [5.74, 6) is 0.299. The third-order valence-electron chi connectivity index (χ3n) is 3.68. The van der Waals surface area contributed by atoms with E-state index in [-0.39, 0.29) is 23.2 Å². The van der Waals surface area contributed by atoms with E-state index < -0.39 is 9.84 Å². The smallest absolute Gasteiger partial charge is 0.306 e. The first kappa shape index (κ1) is 12.5. The molecule has 0 aliphatic carbocycles. The lowest BCUT2D eigenvalue weighted by molar-refractivity contribution is 0.470. The lowest BCUT2D eigenvalue weighted by atomic mass is 10.1. The van der Waals surface area contributed by atoms with Crippen LogP contribution in [0.3, 0.4) is 0 Å². The Kier molecular flexibility index (Phi) is 2.78. The number of aryl methyl sites for hydroxylation is 1. The maximum Gasteiger partial charge on any atom is 0.326 e. The molecule has 1 saturated heterocycles. The van der Waals surface area contributed by atoms with Crippen LogP contribution in [0.4, 0.5) is 0 Å². The highest BCUT2D eigenvalue weighted by Crippen LogP contribution is 2.25. The van der Waals surface area contributed by atoms with E-state index in [0.717, 1.165) is 23.0 Å². The van der Waals surface area contributed by atoms with Gasteiger partial charge in [0.1, 0.15) is 0 Å². The first-order valence-corrected chi connectivity index (χ1v) is 8.20. The van der Waals surface area contributed by atoms with Crippen LogP contribution in [0.15, 0.2) is 23.0 Å². The van der Waals surface area contributed by atoms with Crippen LogP contribution in [0, 0.1) is 6.92 Å². The molecule has 1 unspecified atom stereocenters. The van der Waals surface area contributed by atoms with E-state index in [2.05, 4.69) is 4.98 Å². The lowest BCUT2D eigenvalue weighted by Gasteiger charge is -2.23. The minimum absolute atomic E-state index is 0.0632. The van der Waals surface area contributed by atoms with Crippen LogP contribution in [-0.4, -0.2) is 29.5 Å². The Morgan fingerprint density at radius 1 is 1.37 bits per heavy atom. The number of sulfone groups is 1. The van der Waals surface area contributed by atoms with Crippen LogP contribution in [0.1, 0.15) is 24.4 Å². The van der Waals surface area contributed by atoms with Gasteiger partial charge >= 0.3 is 5.69 Å². The van der Waals surface area contributed by atoms with Gasteiger partial charge in [-0.15, -0.1) is 0 Å². The van der Waals surface area contributed by atoms with Gasteiger partial charge in [-0.05, 0) is 37.5 Å². The van der Waals surface area contributed by atoms with Crippen molar-refractivity contribution in [2.75, 3.05) is 11.5 Å². The molecule has 1 aliphatic heterocycles. The lowest BCUT2D eigenvalue weighted by Crippen LogP contribution is -2.32. The number of nitrogens with one attached hydrogen (secondary N) is 1. The summed E-state index contributed by atoms with van der Waals surface area (Å²) in [7, 11) is -3.03. The maximum absolute atomic E-state index is 12.1. The predicted molar refractivity (Wildman–Crippen MR) is 74.2 cm³/mol. The van der Waals surface area contributed by atoms with E-state index in [1.807, 2.05) is 25.1 Å². The minimum Gasteiger partial charge on any atom is -0.306 e. The molecule has 3 rings (SSSR count). The Morgan fingerprint density at radius 2 is 2.16 bits per heavy atom. The summed E-state index contributed by atoms with van der Waals surface area (Å²) in [5.41, 5.74) is 2.41. The fourth-order valence-corrected chi connectivity index (χ4v) is 4.48. The average molecular weight is 280 g/mol. The van der Waals surface area contributed by atoms with E-state index in [0.29, 0.717) is 6.42 Å². The number of aromatic amines is 1. The van der Waals surface area contributed by atoms with E-state index in [1.165, 1.54) is 0 Å². The first-order valence-electron chi connectivity index (χ1n) is 6.37. The van der Waals surface area contributed by atoms with Gasteiger partial charge in [-0.2, -0.15) is 0 Å². The third kappa shape index (κ3) is 2.20. The third-order valence-corrected chi connectivity index (χ3v) is 5.48. The minimum atomic E-state index is -3.03. The van der Waals surface area contributed by atoms with Crippen LogP contribution in [-0.2, 0) is 9.84 Å². The Balaban J connectivity index is 2.15. The number of imidazole rings is 1. The van der Waals surface area contributed by atoms with Crippen molar-refractivity contribution in [3.05, 3.63) is 34.2 Å². The quantitative estimate of drug-likeness (QED) is 0.858. The molecule has 0 saturated carbocycles. The molecule has 0 amide bonds. The van der Waals surface area contributed by atoms with Crippen molar-refractivity contribution in [3.8, 4) is 0 Å². The van der Waals surface area contributed by atoms with Gasteiger partial charge in [0, 0.05) is 0 Å². The summed E-state index contributed by atoms with van der Waals surface area (Å²) >= 11 is 0. The number of hydrogen-bond donors (Lipinski definition) is 1. The Hall–Kier alpha value is -1.56. The topological polar surface area (TPSA) is 71.9 Å². The predicted octanol–water partition coefficient (Wildman–Crippen LogP) is 1.39. The molecule has 0 spiro atoms. The summed E-state index contributed by atoms with van der Waals surface area (Å²) in [4.78, 5) is 14.9. The fourth-order valence-electron chi connectivity index (χ4n) is 2.81. The molecule has 6 heteroatoms. The number of nitrogens with zero attached hydrogens (tertiary/aromatic N) is 1. The second kappa shape index (κ2) is 4.23. The molecule has 5 nitrogen and oxygen atoms in total. The van der Waals surface area contributed by atoms with Crippen molar-refractivity contribution in [3.63, 3.8) is 0 Å². The van der Waals surface area contributed by atoms with Crippen molar-refractivity contribution in [1.82, 2.24) is 9.55 Å². The number of aromatic nitrogens is 2. The van der Waals surface area contributed by atoms with Crippen LogP contribution in [0.5, 0.6) is 0 Å². The fraction of sp³-hybridized carbons (Fsp3) is 0.462.